The number of aliphatic carboxylic acids is 2. The molecular formula is C29H33O10PS. The highest BCUT2D eigenvalue weighted by molar-refractivity contribution is 7.86. The van der Waals surface area contributed by atoms with Crippen molar-refractivity contribution in [2.24, 2.45) is 11.3 Å². The molecule has 3 aromatic carbocycles. The van der Waals surface area contributed by atoms with Crippen LogP contribution in [0.25, 0.3) is 0 Å². The molecule has 220 valence electrons. The third kappa shape index (κ3) is 8.58. The molecule has 0 radical (unpaired) electrons. The summed E-state index contributed by atoms with van der Waals surface area (Å²) in [5, 5.41) is 20.2. The van der Waals surface area contributed by atoms with E-state index >= 15 is 0 Å². The molecule has 2 unspecified atom stereocenters. The minimum Gasteiger partial charge on any atom is -0.481 e. The lowest BCUT2D eigenvalue weighted by Gasteiger charge is -2.36. The zero-order chi connectivity index (χ0) is 30.3. The Bertz CT molecular complexity index is 1430. The second-order valence-electron chi connectivity index (χ2n) is 9.92. The molecule has 0 aliphatic heterocycles. The third-order valence-corrected chi connectivity index (χ3v) is 10.2. The smallest absolute Gasteiger partial charge is 0.334 e. The van der Waals surface area contributed by atoms with Crippen LogP contribution in [0, 0.1) is 18.3 Å². The first kappa shape index (κ1) is 32.2. The molecule has 0 amide bonds. The first-order valence-corrected chi connectivity index (χ1v) is 15.8. The molecule has 0 saturated heterocycles. The van der Waals surface area contributed by atoms with Crippen molar-refractivity contribution in [1.82, 2.24) is 0 Å². The molecule has 3 aromatic rings. The maximum Gasteiger partial charge on any atom is 0.334 e. The van der Waals surface area contributed by atoms with Crippen LogP contribution in [-0.2, 0) is 50.7 Å². The molecule has 2 N–H and O–H groups in total. The number of carboxylic acid groups (broad SMARTS) is 2. The monoisotopic (exact) mass is 604 g/mol. The summed E-state index contributed by atoms with van der Waals surface area (Å²) in [6, 6.07) is 23.0. The van der Waals surface area contributed by atoms with Gasteiger partial charge in [0.05, 0.1) is 29.7 Å². The Morgan fingerprint density at radius 3 is 1.73 bits per heavy atom. The van der Waals surface area contributed by atoms with E-state index in [9.17, 15) is 32.8 Å². The largest absolute Gasteiger partial charge is 0.481 e. The molecular weight excluding hydrogens is 571 g/mol. The fourth-order valence-corrected chi connectivity index (χ4v) is 7.28. The molecule has 3 rings (SSSR count). The van der Waals surface area contributed by atoms with E-state index in [0.29, 0.717) is 11.1 Å². The molecule has 0 fully saturated rings. The first-order valence-electron chi connectivity index (χ1n) is 12.7. The maximum atomic E-state index is 14.1. The van der Waals surface area contributed by atoms with Gasteiger partial charge in [-0.05, 0) is 37.1 Å². The number of rotatable bonds is 15. The molecule has 0 aliphatic rings. The lowest BCUT2D eigenvalue weighted by molar-refractivity contribution is -0.158. The van der Waals surface area contributed by atoms with Gasteiger partial charge in [0.15, 0.2) is 6.10 Å². The average molecular weight is 605 g/mol. The van der Waals surface area contributed by atoms with Gasteiger partial charge in [-0.15, -0.1) is 0 Å². The summed E-state index contributed by atoms with van der Waals surface area (Å²) in [5.41, 5.74) is -0.0456. The van der Waals surface area contributed by atoms with Crippen LogP contribution in [0.4, 0.5) is 0 Å². The predicted molar refractivity (Wildman–Crippen MR) is 151 cm³/mol. The number of aryl methyl sites for hydroxylation is 1. The van der Waals surface area contributed by atoms with Gasteiger partial charge in [0.2, 0.25) is 0 Å². The van der Waals surface area contributed by atoms with Crippen molar-refractivity contribution in [2.75, 3.05) is 6.16 Å². The van der Waals surface area contributed by atoms with Gasteiger partial charge in [-0.25, -0.2) is 4.79 Å². The Kier molecular flexibility index (Phi) is 10.6. The Labute approximate surface area is 239 Å². The van der Waals surface area contributed by atoms with Crippen LogP contribution in [0.15, 0.2) is 89.8 Å². The second-order valence-corrected chi connectivity index (χ2v) is 13.5. The summed E-state index contributed by atoms with van der Waals surface area (Å²) in [6.07, 6.45) is -2.88. The maximum absolute atomic E-state index is 14.1. The van der Waals surface area contributed by atoms with E-state index in [1.165, 1.54) is 38.1 Å². The van der Waals surface area contributed by atoms with Gasteiger partial charge in [-0.3, -0.25) is 13.5 Å². The van der Waals surface area contributed by atoms with Crippen molar-refractivity contribution >= 4 is 29.7 Å². The molecule has 0 aliphatic carbocycles. The van der Waals surface area contributed by atoms with Crippen LogP contribution in [0.1, 0.15) is 30.5 Å². The number of hydrogen-bond acceptors (Lipinski definition) is 8. The van der Waals surface area contributed by atoms with Crippen LogP contribution in [0.5, 0.6) is 0 Å². The zero-order valence-corrected chi connectivity index (χ0v) is 24.6. The van der Waals surface area contributed by atoms with E-state index < -0.39 is 53.3 Å². The van der Waals surface area contributed by atoms with Crippen LogP contribution < -0.4 is 0 Å². The molecule has 12 heteroatoms. The Hall–Kier alpha value is -3.34. The summed E-state index contributed by atoms with van der Waals surface area (Å²) >= 11 is 0. The van der Waals surface area contributed by atoms with Crippen molar-refractivity contribution in [3.63, 3.8) is 0 Å². The van der Waals surface area contributed by atoms with Crippen LogP contribution >= 0.6 is 7.60 Å². The molecule has 0 aromatic heterocycles. The molecule has 10 nitrogen and oxygen atoms in total. The van der Waals surface area contributed by atoms with Gasteiger partial charge in [0, 0.05) is 5.92 Å². The van der Waals surface area contributed by atoms with Gasteiger partial charge in [0.25, 0.3) is 10.1 Å². The zero-order valence-electron chi connectivity index (χ0n) is 22.9. The number of carbonyl (C=O) groups is 2. The van der Waals surface area contributed by atoms with Crippen molar-refractivity contribution in [1.29, 1.82) is 0 Å². The van der Waals surface area contributed by atoms with Crippen molar-refractivity contribution < 1.29 is 46.0 Å². The highest BCUT2D eigenvalue weighted by Crippen LogP contribution is 2.56. The van der Waals surface area contributed by atoms with Gasteiger partial charge in [-0.2, -0.15) is 8.42 Å². The highest BCUT2D eigenvalue weighted by Gasteiger charge is 2.52. The fourth-order valence-electron chi connectivity index (χ4n) is 4.00. The molecule has 41 heavy (non-hydrogen) atoms. The SMILES string of the molecule is Cc1ccc(S(=O)(=O)O[C@@H](C(=O)O)C(C)C(C)(CP(=O)(OCc2ccccc2)OCc2ccccc2)C(=O)O)cc1. The van der Waals surface area contributed by atoms with Gasteiger partial charge in [-0.1, -0.05) is 85.3 Å². The number of carboxylic acids is 2. The highest BCUT2D eigenvalue weighted by atomic mass is 32.2. The molecule has 0 saturated carbocycles. The number of benzene rings is 3. The van der Waals surface area contributed by atoms with E-state index in [0.717, 1.165) is 5.56 Å². The topological polar surface area (TPSA) is 154 Å². The fraction of sp³-hybridized carbons (Fsp3) is 0.310. The quantitative estimate of drug-likeness (QED) is 0.168. The van der Waals surface area contributed by atoms with E-state index in [1.54, 1.807) is 67.6 Å². The van der Waals surface area contributed by atoms with E-state index in [2.05, 4.69) is 0 Å². The number of hydrogen-bond donors (Lipinski definition) is 2. The minimum absolute atomic E-state index is 0.169. The van der Waals surface area contributed by atoms with Crippen molar-refractivity contribution in [3.8, 4) is 0 Å². The Morgan fingerprint density at radius 1 is 0.854 bits per heavy atom. The van der Waals surface area contributed by atoms with Gasteiger partial charge in [0.1, 0.15) is 0 Å². The van der Waals surface area contributed by atoms with E-state index in [4.69, 9.17) is 13.2 Å². The Morgan fingerprint density at radius 2 is 1.32 bits per heavy atom. The van der Waals surface area contributed by atoms with Crippen molar-refractivity contribution in [2.45, 2.75) is 45.0 Å². The normalized spacial score (nSPS) is 15.0. The lowest BCUT2D eigenvalue weighted by atomic mass is 9.76. The molecule has 0 spiro atoms. The molecule has 3 atom stereocenters. The van der Waals surface area contributed by atoms with Crippen LogP contribution in [0.3, 0.4) is 0 Å². The third-order valence-electron chi connectivity index (χ3n) is 6.79. The standard InChI is InChI=1S/C29H33O10PS/c1-21-14-16-25(17-15-21)41(35,36)39-26(27(30)31)22(2)29(3,28(32)33)20-40(34,37-18-23-10-6-4-7-11-23)38-19-24-12-8-5-9-13-24/h4-17,22,26H,18-20H2,1-3H3,(H,30,31)(H,32,33)/t22?,26-,29?/m1/s1. The predicted octanol–water partition coefficient (Wildman–Crippen LogP) is 5.51. The van der Waals surface area contributed by atoms with Crippen LogP contribution in [0.2, 0.25) is 0 Å². The van der Waals surface area contributed by atoms with E-state index in [-0.39, 0.29) is 18.1 Å². The van der Waals surface area contributed by atoms with E-state index in [1.807, 2.05) is 0 Å². The molecule has 0 bridgehead atoms. The summed E-state index contributed by atoms with van der Waals surface area (Å²) in [5.74, 6) is -4.74. The second kappa shape index (κ2) is 13.5. The summed E-state index contributed by atoms with van der Waals surface area (Å²) in [6.45, 7) is 3.80. The van der Waals surface area contributed by atoms with Crippen LogP contribution in [-0.4, -0.2) is 42.8 Å². The van der Waals surface area contributed by atoms with Gasteiger partial charge >= 0.3 is 19.5 Å². The molecule has 0 heterocycles. The van der Waals surface area contributed by atoms with Gasteiger partial charge < -0.3 is 19.3 Å². The summed E-state index contributed by atoms with van der Waals surface area (Å²) < 4.78 is 56.5. The average Bonchev–Trinajstić information content (AvgIpc) is 2.94. The van der Waals surface area contributed by atoms with Crippen molar-refractivity contribution in [3.05, 3.63) is 102 Å². The Balaban J connectivity index is 1.93. The first-order chi connectivity index (χ1) is 19.3. The summed E-state index contributed by atoms with van der Waals surface area (Å²) in [7, 11) is -8.84. The minimum atomic E-state index is -4.59. The lowest BCUT2D eigenvalue weighted by Crippen LogP contribution is -2.47. The summed E-state index contributed by atoms with van der Waals surface area (Å²) in [4.78, 5) is 24.6.